The largest absolute Gasteiger partial charge is 0.400 e. The van der Waals surface area contributed by atoms with Crippen LogP contribution in [-0.4, -0.2) is 47.5 Å². The van der Waals surface area contributed by atoms with Crippen molar-refractivity contribution in [3.8, 4) is 0 Å². The van der Waals surface area contributed by atoms with Gasteiger partial charge in [0.15, 0.2) is 0 Å². The molecule has 0 spiro atoms. The van der Waals surface area contributed by atoms with Crippen LogP contribution in [-0.2, 0) is 9.53 Å². The molecule has 0 radical (unpaired) electrons. The minimum atomic E-state index is -0.200. The van der Waals surface area contributed by atoms with Gasteiger partial charge in [-0.3, -0.25) is 4.79 Å². The lowest BCUT2D eigenvalue weighted by molar-refractivity contribution is -0.104. The average molecular weight is 594 g/mol. The number of rotatable bonds is 11. The Morgan fingerprint density at radius 3 is 1.56 bits per heavy atom. The fourth-order valence-electron chi connectivity index (χ4n) is 3.20. The Balaban J connectivity index is -0.0000000745. The van der Waals surface area contributed by atoms with E-state index in [0.29, 0.717) is 6.10 Å². The second kappa shape index (κ2) is 49.0. The molecule has 0 aliphatic heterocycles. The summed E-state index contributed by atoms with van der Waals surface area (Å²) in [6, 6.07) is 0. The summed E-state index contributed by atoms with van der Waals surface area (Å²) >= 11 is 0. The number of carbonyl (C=O) groups excluding carboxylic acids is 1. The Morgan fingerprint density at radius 1 is 0.878 bits per heavy atom. The van der Waals surface area contributed by atoms with Crippen LogP contribution in [0.1, 0.15) is 181 Å². The molecule has 1 rings (SSSR count). The van der Waals surface area contributed by atoms with Gasteiger partial charge in [-0.15, -0.1) is 0 Å². The molecule has 0 aromatic heterocycles. The predicted molar refractivity (Wildman–Crippen MR) is 189 cm³/mol. The second-order valence-corrected chi connectivity index (χ2v) is 10.00. The van der Waals surface area contributed by atoms with E-state index in [2.05, 4.69) is 34.6 Å². The molecule has 3 atom stereocenters. The molecule has 256 valence electrons. The number of unbranched alkanes of at least 4 members (excludes halogenated alkanes) is 2. The maximum Gasteiger partial charge on any atom is 0.142 e. The average Bonchev–Trinajstić information content (AvgIpc) is 3.03. The molecule has 5 heteroatoms. The highest BCUT2D eigenvalue weighted by Crippen LogP contribution is 2.32. The third-order valence-corrected chi connectivity index (χ3v) is 6.47. The van der Waals surface area contributed by atoms with Crippen molar-refractivity contribution in [2.45, 2.75) is 198 Å². The maximum absolute atomic E-state index is 9.48. The Hall–Kier alpha value is -0.750. The summed E-state index contributed by atoms with van der Waals surface area (Å²) in [5.41, 5.74) is 5.81. The molecule has 0 aromatic carbocycles. The zero-order valence-electron chi connectivity index (χ0n) is 31.4. The lowest BCUT2D eigenvalue weighted by atomic mass is 9.86. The molecule has 4 N–H and O–H groups in total. The number of nitrogens with two attached hydrogens (primary N) is 1. The maximum atomic E-state index is 9.48. The number of hydrogen-bond donors (Lipinski definition) is 3. The van der Waals surface area contributed by atoms with Crippen LogP contribution in [0.5, 0.6) is 0 Å². The topological polar surface area (TPSA) is 92.8 Å². The van der Waals surface area contributed by atoms with E-state index in [1.807, 2.05) is 75.3 Å². The van der Waals surface area contributed by atoms with Crippen molar-refractivity contribution < 1.29 is 19.7 Å². The van der Waals surface area contributed by atoms with Gasteiger partial charge in [0.1, 0.15) is 6.29 Å². The Labute approximate surface area is 261 Å². The van der Waals surface area contributed by atoms with Crippen LogP contribution in [0.2, 0.25) is 0 Å². The van der Waals surface area contributed by atoms with Crippen LogP contribution < -0.4 is 5.73 Å². The van der Waals surface area contributed by atoms with Gasteiger partial charge in [-0.05, 0) is 64.9 Å². The zero-order valence-corrected chi connectivity index (χ0v) is 31.4. The van der Waals surface area contributed by atoms with Crippen LogP contribution in [0.25, 0.3) is 0 Å². The number of allylic oxidation sites excluding steroid dienone is 2. The van der Waals surface area contributed by atoms with Gasteiger partial charge in [0.05, 0.1) is 11.7 Å². The van der Waals surface area contributed by atoms with E-state index in [1.165, 1.54) is 70.3 Å². The summed E-state index contributed by atoms with van der Waals surface area (Å²) in [6.07, 6.45) is 19.5. The van der Waals surface area contributed by atoms with Gasteiger partial charge in [-0.2, -0.15) is 0 Å². The Kier molecular flexibility index (Phi) is 67.0. The molecule has 1 aliphatic rings. The SMILES string of the molecule is CC.CC.CC.CC/C=C/C=O.CCC(C)(N)C(C)CO.CCCC.CCCCC(C)OC1(C)CCCCC1.CO. The van der Waals surface area contributed by atoms with Crippen molar-refractivity contribution >= 4 is 6.29 Å². The van der Waals surface area contributed by atoms with Crippen molar-refractivity contribution in [2.75, 3.05) is 13.7 Å². The van der Waals surface area contributed by atoms with E-state index in [9.17, 15) is 4.79 Å². The number of aldehydes is 1. The molecular formula is C36H83NO4. The summed E-state index contributed by atoms with van der Waals surface area (Å²) in [5.74, 6) is 0.197. The minimum absolute atomic E-state index is 0.181. The van der Waals surface area contributed by atoms with Crippen LogP contribution in [0, 0.1) is 5.92 Å². The van der Waals surface area contributed by atoms with Crippen molar-refractivity contribution in [3.63, 3.8) is 0 Å². The van der Waals surface area contributed by atoms with E-state index in [0.717, 1.165) is 26.2 Å². The molecule has 0 heterocycles. The highest BCUT2D eigenvalue weighted by molar-refractivity contribution is 5.64. The lowest BCUT2D eigenvalue weighted by Crippen LogP contribution is -2.43. The summed E-state index contributed by atoms with van der Waals surface area (Å²) in [7, 11) is 1.00. The molecule has 1 fully saturated rings. The van der Waals surface area contributed by atoms with Gasteiger partial charge in [0.2, 0.25) is 0 Å². The molecule has 0 bridgehead atoms. The van der Waals surface area contributed by atoms with Gasteiger partial charge in [-0.25, -0.2) is 0 Å². The van der Waals surface area contributed by atoms with Crippen molar-refractivity contribution in [1.29, 1.82) is 0 Å². The van der Waals surface area contributed by atoms with Crippen molar-refractivity contribution in [3.05, 3.63) is 12.2 Å². The first-order valence-corrected chi connectivity index (χ1v) is 17.2. The fraction of sp³-hybridized carbons (Fsp3) is 0.917. The number of hydrogen-bond acceptors (Lipinski definition) is 5. The smallest absolute Gasteiger partial charge is 0.142 e. The van der Waals surface area contributed by atoms with Crippen molar-refractivity contribution in [2.24, 2.45) is 11.7 Å². The summed E-state index contributed by atoms with van der Waals surface area (Å²) in [5, 5.41) is 15.7. The quantitative estimate of drug-likeness (QED) is 0.164. The second-order valence-electron chi connectivity index (χ2n) is 10.00. The van der Waals surface area contributed by atoms with Gasteiger partial charge in [0, 0.05) is 19.3 Å². The first kappa shape index (κ1) is 56.1. The first-order chi connectivity index (χ1) is 19.5. The Bertz CT molecular complexity index is 431. The molecule has 3 unspecified atom stereocenters. The van der Waals surface area contributed by atoms with E-state index in [1.54, 1.807) is 0 Å². The number of aliphatic hydroxyl groups excluding tert-OH is 2. The molecule has 0 amide bonds. The summed E-state index contributed by atoms with van der Waals surface area (Å²) < 4.78 is 6.18. The monoisotopic (exact) mass is 594 g/mol. The molecule has 1 aliphatic carbocycles. The minimum Gasteiger partial charge on any atom is -0.400 e. The third kappa shape index (κ3) is 49.3. The van der Waals surface area contributed by atoms with E-state index in [-0.39, 0.29) is 23.7 Å². The highest BCUT2D eigenvalue weighted by Gasteiger charge is 2.29. The first-order valence-electron chi connectivity index (χ1n) is 17.2. The molecular weight excluding hydrogens is 510 g/mol. The van der Waals surface area contributed by atoms with Gasteiger partial charge in [0.25, 0.3) is 0 Å². The number of carbonyl (C=O) groups is 1. The van der Waals surface area contributed by atoms with Gasteiger partial charge in [-0.1, -0.05) is 134 Å². The third-order valence-electron chi connectivity index (χ3n) is 6.47. The van der Waals surface area contributed by atoms with Crippen LogP contribution >= 0.6 is 0 Å². The predicted octanol–water partition coefficient (Wildman–Crippen LogP) is 10.7. The molecule has 0 saturated heterocycles. The van der Waals surface area contributed by atoms with Crippen molar-refractivity contribution in [1.82, 2.24) is 0 Å². The zero-order chi connectivity index (χ0) is 34.2. The number of aliphatic hydroxyl groups is 2. The van der Waals surface area contributed by atoms with E-state index in [4.69, 9.17) is 20.7 Å². The van der Waals surface area contributed by atoms with E-state index < -0.39 is 0 Å². The summed E-state index contributed by atoms with van der Waals surface area (Å²) in [6.45, 7) is 31.3. The normalized spacial score (nSPS) is 15.3. The van der Waals surface area contributed by atoms with Gasteiger partial charge < -0.3 is 20.7 Å². The number of ether oxygens (including phenoxy) is 1. The molecule has 5 nitrogen and oxygen atoms in total. The van der Waals surface area contributed by atoms with Crippen LogP contribution in [0.15, 0.2) is 12.2 Å². The van der Waals surface area contributed by atoms with E-state index >= 15 is 0 Å². The molecule has 0 aromatic rings. The fourth-order valence-corrected chi connectivity index (χ4v) is 3.20. The summed E-state index contributed by atoms with van der Waals surface area (Å²) in [4.78, 5) is 9.48. The Morgan fingerprint density at radius 2 is 1.32 bits per heavy atom. The van der Waals surface area contributed by atoms with Gasteiger partial charge >= 0.3 is 0 Å². The standard InChI is InChI=1S/C13H26O.C7H17NO.C5H8O.C4H10.3C2H6.CH4O/c1-4-5-9-12(2)14-13(3)10-7-6-8-11-13;1-4-7(3,8)6(2)5-9;1-2-3-4-5-6;1-3-4-2;4*1-2/h12H,4-11H2,1-3H3;6,9H,4-5,8H2,1-3H3;3-5H,2H2,1H3;3-4H2,1-2H3;3*1-2H3;2H,1H3/b;;4-3+;;;;;. The highest BCUT2D eigenvalue weighted by atomic mass is 16.5. The molecule has 41 heavy (non-hydrogen) atoms. The van der Waals surface area contributed by atoms with Crippen LogP contribution in [0.4, 0.5) is 0 Å². The molecule has 1 saturated carbocycles. The lowest BCUT2D eigenvalue weighted by Gasteiger charge is -2.36. The van der Waals surface area contributed by atoms with Crippen LogP contribution in [0.3, 0.4) is 0 Å².